The fourth-order valence-electron chi connectivity index (χ4n) is 5.52. The number of ketones is 1. The zero-order valence-corrected chi connectivity index (χ0v) is 19.5. The Labute approximate surface area is 204 Å². The van der Waals surface area contributed by atoms with E-state index in [4.69, 9.17) is 4.74 Å². The van der Waals surface area contributed by atoms with Crippen LogP contribution < -0.4 is 10.1 Å². The summed E-state index contributed by atoms with van der Waals surface area (Å²) in [7, 11) is 0. The van der Waals surface area contributed by atoms with Crippen LogP contribution in [0.2, 0.25) is 0 Å². The highest BCUT2D eigenvalue weighted by atomic mass is 16.5. The van der Waals surface area contributed by atoms with E-state index in [2.05, 4.69) is 34.6 Å². The minimum atomic E-state index is -0.323. The molecule has 0 radical (unpaired) electrons. The highest BCUT2D eigenvalue weighted by Gasteiger charge is 2.38. The first-order valence-corrected chi connectivity index (χ1v) is 12.1. The molecule has 1 aromatic heterocycles. The maximum atomic E-state index is 13.8. The second kappa shape index (κ2) is 8.58. The Balaban J connectivity index is 1.56. The molecule has 5 nitrogen and oxygen atoms in total. The first-order chi connectivity index (χ1) is 17.1. The smallest absolute Gasteiger partial charge is 0.162 e. The molecule has 2 aliphatic rings. The summed E-state index contributed by atoms with van der Waals surface area (Å²) >= 11 is 0. The number of aromatic nitrogens is 1. The third-order valence-corrected chi connectivity index (χ3v) is 7.07. The maximum Gasteiger partial charge on any atom is 0.162 e. The molecule has 3 aromatic carbocycles. The summed E-state index contributed by atoms with van der Waals surface area (Å²) in [5.41, 5.74) is 6.93. The Hall–Kier alpha value is -4.12. The lowest BCUT2D eigenvalue weighted by Crippen LogP contribution is -2.29. The van der Waals surface area contributed by atoms with Gasteiger partial charge in [0.2, 0.25) is 0 Å². The van der Waals surface area contributed by atoms with Gasteiger partial charge in [0.1, 0.15) is 0 Å². The Morgan fingerprint density at radius 3 is 2.69 bits per heavy atom. The van der Waals surface area contributed by atoms with Crippen molar-refractivity contribution in [3.63, 3.8) is 0 Å². The number of phenols is 1. The van der Waals surface area contributed by atoms with Crippen molar-refractivity contribution in [2.24, 2.45) is 0 Å². The van der Waals surface area contributed by atoms with Crippen molar-refractivity contribution in [3.05, 3.63) is 101 Å². The van der Waals surface area contributed by atoms with Crippen LogP contribution in [0.1, 0.15) is 48.4 Å². The van der Waals surface area contributed by atoms with Crippen molar-refractivity contribution in [2.45, 2.75) is 31.7 Å². The number of pyridine rings is 1. The van der Waals surface area contributed by atoms with Gasteiger partial charge in [-0.25, -0.2) is 0 Å². The van der Waals surface area contributed by atoms with Crippen molar-refractivity contribution in [1.82, 2.24) is 4.98 Å². The summed E-state index contributed by atoms with van der Waals surface area (Å²) < 4.78 is 5.65. The van der Waals surface area contributed by atoms with Crippen LogP contribution in [0.15, 0.2) is 84.6 Å². The fraction of sp³-hybridized carbons (Fsp3) is 0.200. The monoisotopic (exact) mass is 462 g/mol. The highest BCUT2D eigenvalue weighted by molar-refractivity contribution is 6.12. The van der Waals surface area contributed by atoms with Crippen molar-refractivity contribution in [1.29, 1.82) is 0 Å². The summed E-state index contributed by atoms with van der Waals surface area (Å²) in [4.78, 5) is 18.4. The molecule has 2 N–H and O–H groups in total. The van der Waals surface area contributed by atoms with Crippen molar-refractivity contribution >= 4 is 27.9 Å². The summed E-state index contributed by atoms with van der Waals surface area (Å²) in [6.45, 7) is 2.33. The molecule has 0 bridgehead atoms. The molecule has 1 aliphatic carbocycles. The Morgan fingerprint density at radius 1 is 1.00 bits per heavy atom. The van der Waals surface area contributed by atoms with E-state index in [0.29, 0.717) is 18.8 Å². The third kappa shape index (κ3) is 3.64. The number of carbonyl (C=O) groups is 1. The summed E-state index contributed by atoms with van der Waals surface area (Å²) in [6, 6.07) is 23.4. The van der Waals surface area contributed by atoms with Gasteiger partial charge in [-0.1, -0.05) is 42.5 Å². The first kappa shape index (κ1) is 21.4. The van der Waals surface area contributed by atoms with E-state index in [9.17, 15) is 9.90 Å². The van der Waals surface area contributed by atoms with Crippen molar-refractivity contribution in [3.8, 4) is 11.5 Å². The van der Waals surface area contributed by atoms with Gasteiger partial charge in [-0.3, -0.25) is 9.78 Å². The van der Waals surface area contributed by atoms with E-state index < -0.39 is 0 Å². The van der Waals surface area contributed by atoms with Gasteiger partial charge in [0.25, 0.3) is 0 Å². The van der Waals surface area contributed by atoms with E-state index in [1.807, 2.05) is 49.4 Å². The lowest BCUT2D eigenvalue weighted by Gasteiger charge is -2.37. The van der Waals surface area contributed by atoms with Gasteiger partial charge in [-0.2, -0.15) is 0 Å². The van der Waals surface area contributed by atoms with E-state index in [1.54, 1.807) is 12.3 Å². The number of fused-ring (bicyclic) bond motifs is 4. The number of Topliss-reactive ketones (excluding diaryl/α,β-unsaturated/α-hetero) is 1. The number of hydrogen-bond acceptors (Lipinski definition) is 5. The van der Waals surface area contributed by atoms with Crippen LogP contribution in [0.3, 0.4) is 0 Å². The van der Waals surface area contributed by atoms with E-state index in [0.717, 1.165) is 45.3 Å². The van der Waals surface area contributed by atoms with Crippen LogP contribution in [0.5, 0.6) is 11.5 Å². The van der Waals surface area contributed by atoms with Crippen LogP contribution in [-0.4, -0.2) is 22.5 Å². The molecule has 2 atom stereocenters. The van der Waals surface area contributed by atoms with Crippen LogP contribution in [0.4, 0.5) is 5.69 Å². The summed E-state index contributed by atoms with van der Waals surface area (Å²) in [5.74, 6) is 0.792. The van der Waals surface area contributed by atoms with Gasteiger partial charge in [0, 0.05) is 34.8 Å². The zero-order chi connectivity index (χ0) is 23.9. The van der Waals surface area contributed by atoms with E-state index in [1.165, 1.54) is 5.56 Å². The Morgan fingerprint density at radius 2 is 1.86 bits per heavy atom. The molecule has 4 aromatic rings. The van der Waals surface area contributed by atoms with Gasteiger partial charge in [-0.05, 0) is 66.3 Å². The lowest BCUT2D eigenvalue weighted by atomic mass is 9.72. The molecule has 0 fully saturated rings. The number of allylic oxidation sites excluding steroid dienone is 1. The molecule has 0 saturated carbocycles. The molecule has 2 unspecified atom stereocenters. The van der Waals surface area contributed by atoms with Gasteiger partial charge in [0.05, 0.1) is 18.2 Å². The number of rotatable bonds is 4. The average molecular weight is 463 g/mol. The van der Waals surface area contributed by atoms with Crippen LogP contribution >= 0.6 is 0 Å². The molecule has 35 heavy (non-hydrogen) atoms. The number of phenolic OH excluding ortho intramolecular Hbond substituents is 1. The van der Waals surface area contributed by atoms with E-state index >= 15 is 0 Å². The van der Waals surface area contributed by atoms with Crippen LogP contribution in [-0.2, 0) is 4.79 Å². The third-order valence-electron chi connectivity index (χ3n) is 7.07. The van der Waals surface area contributed by atoms with Crippen molar-refractivity contribution < 1.29 is 14.6 Å². The molecule has 2 heterocycles. The number of ether oxygens (including phenoxy) is 1. The van der Waals surface area contributed by atoms with Gasteiger partial charge in [0.15, 0.2) is 17.3 Å². The molecule has 5 heteroatoms. The number of nitrogens with one attached hydrogen (secondary N) is 1. The minimum absolute atomic E-state index is 0.0946. The number of hydrogen-bond donors (Lipinski definition) is 2. The molecule has 0 amide bonds. The summed E-state index contributed by atoms with van der Waals surface area (Å²) in [6.07, 6.45) is 3.05. The first-order valence-electron chi connectivity index (χ1n) is 12.1. The quantitative estimate of drug-likeness (QED) is 0.367. The second-order valence-electron chi connectivity index (χ2n) is 9.13. The molecule has 1 aliphatic heterocycles. The lowest BCUT2D eigenvalue weighted by molar-refractivity contribution is -0.116. The Bertz CT molecular complexity index is 1480. The largest absolute Gasteiger partial charge is 0.504 e. The zero-order valence-electron chi connectivity index (χ0n) is 19.5. The summed E-state index contributed by atoms with van der Waals surface area (Å²) in [5, 5.41) is 14.9. The Kier molecular flexibility index (Phi) is 5.25. The number of nitrogens with zero attached hydrogens (tertiary/aromatic N) is 1. The molecular weight excluding hydrogens is 436 g/mol. The fourth-order valence-corrected chi connectivity index (χ4v) is 5.52. The number of anilines is 1. The normalized spacial score (nSPS) is 19.2. The second-order valence-corrected chi connectivity index (χ2v) is 9.13. The maximum absolute atomic E-state index is 13.8. The average Bonchev–Trinajstić information content (AvgIpc) is 2.89. The molecular formula is C30H26N2O3. The van der Waals surface area contributed by atoms with Gasteiger partial charge < -0.3 is 15.2 Å². The van der Waals surface area contributed by atoms with Crippen molar-refractivity contribution in [2.75, 3.05) is 11.9 Å². The number of aromatic hydroxyl groups is 1. The molecule has 0 saturated heterocycles. The number of carbonyl (C=O) groups excluding carboxylic acids is 1. The van der Waals surface area contributed by atoms with Gasteiger partial charge >= 0.3 is 0 Å². The predicted molar refractivity (Wildman–Crippen MR) is 138 cm³/mol. The SMILES string of the molecule is CCOc1cc(C2Nc3ccc4ncccc4c3C3=C2C(=O)CC(c2ccccc2)C3)ccc1O. The van der Waals surface area contributed by atoms with Crippen LogP contribution in [0.25, 0.3) is 16.5 Å². The number of benzene rings is 3. The van der Waals surface area contributed by atoms with Gasteiger partial charge in [-0.15, -0.1) is 0 Å². The standard InChI is InChI=1S/C30H26N2O3/c1-2-35-27-17-19(10-13-25(27)33)30-29-22(15-20(16-26(29)34)18-7-4-3-5-8-18)28-21-9-6-14-31-23(21)11-12-24(28)32-30/h3-14,17,20,30,32-33H,2,15-16H2,1H3. The predicted octanol–water partition coefficient (Wildman–Crippen LogP) is 6.41. The topological polar surface area (TPSA) is 71.5 Å². The molecule has 174 valence electrons. The highest BCUT2D eigenvalue weighted by Crippen LogP contribution is 2.51. The molecule has 0 spiro atoms. The van der Waals surface area contributed by atoms with Crippen LogP contribution in [0, 0.1) is 0 Å². The molecule has 6 rings (SSSR count). The van der Waals surface area contributed by atoms with E-state index in [-0.39, 0.29) is 23.5 Å². The minimum Gasteiger partial charge on any atom is -0.504 e.